The van der Waals surface area contributed by atoms with Crippen LogP contribution in [0.25, 0.3) is 5.65 Å². The number of anilines is 2. The maximum absolute atomic E-state index is 14.4. The van der Waals surface area contributed by atoms with E-state index in [0.29, 0.717) is 11.5 Å². The van der Waals surface area contributed by atoms with Gasteiger partial charge in [-0.2, -0.15) is 5.26 Å². The molecule has 1 fully saturated rings. The molecule has 0 aliphatic carbocycles. The van der Waals surface area contributed by atoms with E-state index in [1.165, 1.54) is 6.07 Å². The first-order valence-electron chi connectivity index (χ1n) is 9.96. The minimum Gasteiger partial charge on any atom is -0.383 e. The fraction of sp³-hybridized carbons (Fsp3) is 0.333. The lowest BCUT2D eigenvalue weighted by atomic mass is 10.1. The predicted molar refractivity (Wildman–Crippen MR) is 118 cm³/mol. The molecular weight excluding hydrogens is 397 g/mol. The van der Waals surface area contributed by atoms with Crippen LogP contribution < -0.4 is 21.7 Å². The number of nitrogens with one attached hydrogen (secondary N) is 1. The highest BCUT2D eigenvalue weighted by Gasteiger charge is 2.24. The summed E-state index contributed by atoms with van der Waals surface area (Å²) in [5, 5.41) is 13.2. The Labute approximate surface area is 179 Å². The Morgan fingerprint density at radius 3 is 2.65 bits per heavy atom. The lowest BCUT2D eigenvalue weighted by Gasteiger charge is -2.37. The van der Waals surface area contributed by atoms with Gasteiger partial charge in [0.1, 0.15) is 23.5 Å². The van der Waals surface area contributed by atoms with Crippen molar-refractivity contribution >= 4 is 28.8 Å². The predicted octanol–water partition coefficient (Wildman–Crippen LogP) is 1.85. The molecule has 0 radical (unpaired) electrons. The summed E-state index contributed by atoms with van der Waals surface area (Å²) in [6.07, 6.45) is 3.30. The zero-order chi connectivity index (χ0) is 22.3. The number of halogens is 1. The second-order valence-corrected chi connectivity index (χ2v) is 7.93. The zero-order valence-electron chi connectivity index (χ0n) is 17.6. The number of hydrogen-bond donors (Lipinski definition) is 3. The second-order valence-electron chi connectivity index (χ2n) is 7.93. The van der Waals surface area contributed by atoms with Crippen LogP contribution in [0.2, 0.25) is 0 Å². The monoisotopic (exact) mass is 421 g/mol. The van der Waals surface area contributed by atoms with Crippen molar-refractivity contribution < 1.29 is 4.39 Å². The Bertz CT molecular complexity index is 1210. The maximum Gasteiger partial charge on any atom is 0.173 e. The average Bonchev–Trinajstić information content (AvgIpc) is 3.07. The summed E-state index contributed by atoms with van der Waals surface area (Å²) in [7, 11) is 0. The standard InChI is InChI=1S/C21H24FN9/c1-11-7-30(8-12(2)26-11)17-4-14(6-23)18(20(25)29-17)19(24)28-15-5-16(22)21-27-13(3)9-31(21)10-15/h4-5,9-12,26H,7-8H2,1-3H3,(H2,24,28)(H2,25,29). The summed E-state index contributed by atoms with van der Waals surface area (Å²) in [6, 6.07) is 5.60. The van der Waals surface area contributed by atoms with Crippen molar-refractivity contribution in [2.45, 2.75) is 32.9 Å². The van der Waals surface area contributed by atoms with Gasteiger partial charge in [0.25, 0.3) is 0 Å². The SMILES string of the molecule is Cc1cn2cc(N=C(N)c3c(C#N)cc(N4CC(C)NC(C)C4)nc3N)cc(F)c2n1. The van der Waals surface area contributed by atoms with Crippen molar-refractivity contribution in [3.63, 3.8) is 0 Å². The van der Waals surface area contributed by atoms with E-state index in [9.17, 15) is 9.65 Å². The van der Waals surface area contributed by atoms with Gasteiger partial charge in [0.15, 0.2) is 11.5 Å². The molecule has 160 valence electrons. The summed E-state index contributed by atoms with van der Waals surface area (Å²) in [5.41, 5.74) is 14.1. The molecular formula is C21H24FN9. The molecule has 2 unspecified atom stereocenters. The lowest BCUT2D eigenvalue weighted by Crippen LogP contribution is -2.54. The van der Waals surface area contributed by atoms with E-state index in [1.807, 2.05) is 0 Å². The van der Waals surface area contributed by atoms with Crippen LogP contribution in [0.15, 0.2) is 29.5 Å². The van der Waals surface area contributed by atoms with Crippen LogP contribution >= 0.6 is 0 Å². The third-order valence-corrected chi connectivity index (χ3v) is 5.15. The van der Waals surface area contributed by atoms with Crippen molar-refractivity contribution in [1.82, 2.24) is 19.7 Å². The quantitative estimate of drug-likeness (QED) is 0.434. The number of fused-ring (bicyclic) bond motifs is 1. The van der Waals surface area contributed by atoms with Gasteiger partial charge in [0.05, 0.1) is 22.5 Å². The summed E-state index contributed by atoms with van der Waals surface area (Å²) in [6.45, 7) is 7.45. The molecule has 1 aliphatic heterocycles. The van der Waals surface area contributed by atoms with E-state index >= 15 is 0 Å². The maximum atomic E-state index is 14.4. The Morgan fingerprint density at radius 1 is 1.26 bits per heavy atom. The largest absolute Gasteiger partial charge is 0.383 e. The van der Waals surface area contributed by atoms with E-state index in [2.05, 4.69) is 45.1 Å². The minimum atomic E-state index is -0.522. The second kappa shape index (κ2) is 7.85. The summed E-state index contributed by atoms with van der Waals surface area (Å²) >= 11 is 0. The smallest absolute Gasteiger partial charge is 0.173 e. The topological polar surface area (TPSA) is 134 Å². The number of rotatable bonds is 3. The molecule has 2 atom stereocenters. The van der Waals surface area contributed by atoms with Crippen LogP contribution in [-0.2, 0) is 0 Å². The number of pyridine rings is 2. The Balaban J connectivity index is 1.73. The lowest BCUT2D eigenvalue weighted by molar-refractivity contribution is 0.405. The summed E-state index contributed by atoms with van der Waals surface area (Å²) < 4.78 is 15.9. The number of aliphatic imine (C=N–C) groups is 1. The Kier molecular flexibility index (Phi) is 5.20. The van der Waals surface area contributed by atoms with Gasteiger partial charge in [-0.1, -0.05) is 0 Å². The van der Waals surface area contributed by atoms with Crippen molar-refractivity contribution in [3.8, 4) is 6.07 Å². The number of aryl methyl sites for hydroxylation is 1. The molecule has 0 amide bonds. The van der Waals surface area contributed by atoms with E-state index < -0.39 is 5.82 Å². The van der Waals surface area contributed by atoms with Crippen molar-refractivity contribution in [2.75, 3.05) is 23.7 Å². The Hall–Kier alpha value is -3.71. The summed E-state index contributed by atoms with van der Waals surface area (Å²) in [4.78, 5) is 15.0. The number of amidine groups is 1. The van der Waals surface area contributed by atoms with Crippen LogP contribution in [0.4, 0.5) is 21.7 Å². The first-order valence-corrected chi connectivity index (χ1v) is 9.96. The molecule has 4 rings (SSSR count). The molecule has 0 aromatic carbocycles. The third kappa shape index (κ3) is 4.00. The molecule has 0 saturated carbocycles. The van der Waals surface area contributed by atoms with Crippen LogP contribution in [0.5, 0.6) is 0 Å². The zero-order valence-corrected chi connectivity index (χ0v) is 17.6. The fourth-order valence-electron chi connectivity index (χ4n) is 4.01. The highest BCUT2D eigenvalue weighted by molar-refractivity contribution is 6.05. The van der Waals surface area contributed by atoms with Gasteiger partial charge in [-0.05, 0) is 26.8 Å². The Morgan fingerprint density at radius 2 is 1.97 bits per heavy atom. The molecule has 5 N–H and O–H groups in total. The molecule has 0 bridgehead atoms. The molecule has 31 heavy (non-hydrogen) atoms. The number of hydrogen-bond acceptors (Lipinski definition) is 7. The number of nitrogens with zero attached hydrogens (tertiary/aromatic N) is 6. The van der Waals surface area contributed by atoms with E-state index in [-0.39, 0.29) is 46.2 Å². The molecule has 10 heteroatoms. The normalized spacial score (nSPS) is 19.6. The average molecular weight is 421 g/mol. The van der Waals surface area contributed by atoms with E-state index in [0.717, 1.165) is 13.1 Å². The molecule has 1 saturated heterocycles. The first-order chi connectivity index (χ1) is 14.7. The van der Waals surface area contributed by atoms with Crippen LogP contribution in [0.1, 0.15) is 30.7 Å². The van der Waals surface area contributed by atoms with Crippen molar-refractivity contribution in [1.29, 1.82) is 5.26 Å². The molecule has 0 spiro atoms. The van der Waals surface area contributed by atoms with Gasteiger partial charge in [-0.3, -0.25) is 0 Å². The molecule has 9 nitrogen and oxygen atoms in total. The van der Waals surface area contributed by atoms with Gasteiger partial charge >= 0.3 is 0 Å². The van der Waals surface area contributed by atoms with Gasteiger partial charge < -0.3 is 26.1 Å². The third-order valence-electron chi connectivity index (χ3n) is 5.15. The number of aromatic nitrogens is 3. The number of nitrogen functional groups attached to an aromatic ring is 1. The highest BCUT2D eigenvalue weighted by atomic mass is 19.1. The van der Waals surface area contributed by atoms with Gasteiger partial charge in [0, 0.05) is 43.6 Å². The van der Waals surface area contributed by atoms with Gasteiger partial charge in [-0.25, -0.2) is 19.4 Å². The number of imidazole rings is 1. The van der Waals surface area contributed by atoms with Crippen LogP contribution in [-0.4, -0.2) is 45.4 Å². The number of nitrogens with two attached hydrogens (primary N) is 2. The minimum absolute atomic E-state index is 0.00858. The number of piperazine rings is 1. The van der Waals surface area contributed by atoms with E-state index in [4.69, 9.17) is 11.5 Å². The van der Waals surface area contributed by atoms with Gasteiger partial charge in [0.2, 0.25) is 0 Å². The van der Waals surface area contributed by atoms with Gasteiger partial charge in [-0.15, -0.1) is 0 Å². The van der Waals surface area contributed by atoms with Crippen molar-refractivity contribution in [2.24, 2.45) is 10.7 Å². The first kappa shape index (κ1) is 20.6. The van der Waals surface area contributed by atoms with Crippen LogP contribution in [0, 0.1) is 24.1 Å². The molecule has 1 aliphatic rings. The molecule has 4 heterocycles. The summed E-state index contributed by atoms with van der Waals surface area (Å²) in [5.74, 6) is 0.193. The van der Waals surface area contributed by atoms with E-state index in [1.54, 1.807) is 29.8 Å². The molecule has 3 aromatic rings. The van der Waals surface area contributed by atoms with Crippen molar-refractivity contribution in [3.05, 3.63) is 47.2 Å². The molecule has 3 aromatic heterocycles. The fourth-order valence-corrected chi connectivity index (χ4v) is 4.01. The number of nitriles is 1. The van der Waals surface area contributed by atoms with Crippen LogP contribution in [0.3, 0.4) is 0 Å². The highest BCUT2D eigenvalue weighted by Crippen LogP contribution is 2.25.